The summed E-state index contributed by atoms with van der Waals surface area (Å²) in [6, 6.07) is 0. The van der Waals surface area contributed by atoms with Gasteiger partial charge in [0.05, 0.1) is 6.54 Å². The van der Waals surface area contributed by atoms with Gasteiger partial charge in [-0.3, -0.25) is 9.59 Å². The highest BCUT2D eigenvalue weighted by Gasteiger charge is 2.33. The zero-order valence-corrected chi connectivity index (χ0v) is 12.3. The molecule has 0 saturated heterocycles. The molecular weight excluding hydrogens is 292 g/mol. The molecule has 0 atom stereocenters. The summed E-state index contributed by atoms with van der Waals surface area (Å²) in [6.07, 6.45) is 3.14. The molecule has 0 bridgehead atoms. The maximum absolute atomic E-state index is 11.5. The lowest BCUT2D eigenvalue weighted by molar-refractivity contribution is -0.697. The van der Waals surface area contributed by atoms with E-state index in [1.54, 1.807) is 0 Å². The lowest BCUT2D eigenvalue weighted by Crippen LogP contribution is -2.39. The van der Waals surface area contributed by atoms with Crippen LogP contribution in [0.5, 0.6) is 0 Å². The number of rotatable bonds is 5. The van der Waals surface area contributed by atoms with Crippen LogP contribution in [-0.4, -0.2) is 20.0 Å². The van der Waals surface area contributed by atoms with Crippen LogP contribution >= 0.6 is 37.9 Å². The summed E-state index contributed by atoms with van der Waals surface area (Å²) in [6.45, 7) is 2.51. The zero-order valence-electron chi connectivity index (χ0n) is 9.66. The fraction of sp³-hybridized carbons (Fsp3) is 0.400. The first-order valence-electron chi connectivity index (χ1n) is 5.25. The molecule has 0 amide bonds. The van der Waals surface area contributed by atoms with Crippen molar-refractivity contribution in [3.63, 3.8) is 0 Å². The molecule has 0 radical (unpaired) electrons. The molecule has 0 spiro atoms. The van der Waals surface area contributed by atoms with Gasteiger partial charge in [-0.15, -0.1) is 4.57 Å². The maximum atomic E-state index is 11.5. The van der Waals surface area contributed by atoms with E-state index >= 15 is 0 Å². The minimum atomic E-state index is -0.722. The Bertz CT molecular complexity index is 511. The van der Waals surface area contributed by atoms with Gasteiger partial charge in [0, 0.05) is 0 Å². The number of imidazole rings is 1. The molecule has 18 heavy (non-hydrogen) atoms. The average molecular weight is 305 g/mol. The Morgan fingerprint density at radius 1 is 1.22 bits per heavy atom. The summed E-state index contributed by atoms with van der Waals surface area (Å²) in [5.74, 6) is 0.0178. The number of carbonyl (C=O) groups is 3. The molecule has 0 aliphatic rings. The topological polar surface area (TPSA) is 60.0 Å². The molecule has 8 heteroatoms. The quantitative estimate of drug-likeness (QED) is 0.572. The number of unbranched alkanes of at least 4 members (excludes halogenated alkanes) is 1. The van der Waals surface area contributed by atoms with Gasteiger partial charge in [-0.25, -0.2) is 9.36 Å². The summed E-state index contributed by atoms with van der Waals surface area (Å²) >= 11 is 11.1. The van der Waals surface area contributed by atoms with E-state index in [0.717, 1.165) is 17.4 Å². The number of carbonyl (C=O) groups excluding carboxylic acids is 3. The second-order valence-corrected chi connectivity index (χ2v) is 4.81. The smallest absolute Gasteiger partial charge is 0.278 e. The fourth-order valence-electron chi connectivity index (χ4n) is 1.57. The average Bonchev–Trinajstić information content (AvgIpc) is 2.65. The largest absolute Gasteiger partial charge is 0.371 e. The number of aromatic nitrogens is 2. The Kier molecular flexibility index (Phi) is 5.48. The third-order valence-corrected chi connectivity index (χ3v) is 2.99. The first kappa shape index (κ1) is 15.3. The van der Waals surface area contributed by atoms with Crippen LogP contribution in [0.15, 0.2) is 6.20 Å². The first-order chi connectivity index (χ1) is 8.40. The van der Waals surface area contributed by atoms with Crippen molar-refractivity contribution in [2.75, 3.05) is 0 Å². The molecule has 0 unspecified atom stereocenters. The lowest BCUT2D eigenvalue weighted by atomic mass is 10.3. The van der Waals surface area contributed by atoms with Gasteiger partial charge in [-0.2, -0.15) is 0 Å². The van der Waals surface area contributed by atoms with Gasteiger partial charge in [-0.05, 0) is 6.42 Å². The fourth-order valence-corrected chi connectivity index (χ4v) is 2.16. The first-order valence-corrected chi connectivity index (χ1v) is 6.59. The third-order valence-electron chi connectivity index (χ3n) is 2.36. The van der Waals surface area contributed by atoms with Gasteiger partial charge in [0.15, 0.2) is 0 Å². The van der Waals surface area contributed by atoms with Crippen LogP contribution in [-0.2, 0) is 6.54 Å². The monoisotopic (exact) mass is 305 g/mol. The highest BCUT2D eigenvalue weighted by molar-refractivity contribution is 7.98. The number of hydrogen-bond donors (Lipinski definition) is 3. The van der Waals surface area contributed by atoms with Crippen molar-refractivity contribution in [1.29, 1.82) is 0 Å². The Balaban J connectivity index is 3.43. The zero-order chi connectivity index (χ0) is 13.9. The normalized spacial score (nSPS) is 10.4. The van der Waals surface area contributed by atoms with Gasteiger partial charge >= 0.3 is 11.1 Å². The van der Waals surface area contributed by atoms with E-state index in [9.17, 15) is 14.4 Å². The molecule has 1 aromatic rings. The molecule has 0 aromatic carbocycles. The van der Waals surface area contributed by atoms with Gasteiger partial charge in [0.25, 0.3) is 10.2 Å². The Labute approximate surface area is 121 Å². The Morgan fingerprint density at radius 3 is 2.22 bits per heavy atom. The highest BCUT2D eigenvalue weighted by atomic mass is 32.1. The second kappa shape index (κ2) is 6.44. The summed E-state index contributed by atoms with van der Waals surface area (Å²) < 4.78 is 2.44. The van der Waals surface area contributed by atoms with Crippen LogP contribution in [0.2, 0.25) is 0 Å². The van der Waals surface area contributed by atoms with Crippen LogP contribution in [0.25, 0.3) is 0 Å². The number of nitrogens with zero attached hydrogens (tertiary/aromatic N) is 2. The molecular formula is C10H13N2O3S3+. The molecule has 0 N–H and O–H groups in total. The van der Waals surface area contributed by atoms with Gasteiger partial charge in [0.2, 0.25) is 5.69 Å². The van der Waals surface area contributed by atoms with Crippen molar-refractivity contribution in [2.24, 2.45) is 0 Å². The van der Waals surface area contributed by atoms with E-state index in [4.69, 9.17) is 0 Å². The van der Waals surface area contributed by atoms with Crippen molar-refractivity contribution in [1.82, 2.24) is 4.57 Å². The van der Waals surface area contributed by atoms with Crippen LogP contribution in [0.4, 0.5) is 4.79 Å². The van der Waals surface area contributed by atoms with Gasteiger partial charge in [-0.1, -0.05) is 51.2 Å². The summed E-state index contributed by atoms with van der Waals surface area (Å²) in [7, 11) is 0. The van der Waals surface area contributed by atoms with E-state index in [-0.39, 0.29) is 11.5 Å². The molecule has 1 rings (SSSR count). The summed E-state index contributed by atoms with van der Waals surface area (Å²) in [4.78, 5) is 34.3. The standard InChI is InChI=1S/C10H12N2O3S3/c1-2-3-4-11-5-6(8(13)16)12(10(15)18)7(11)9(14)17/h5H,2-4H2,1H3,(H2-,13,14,15,16,17,18)/p+1. The minimum absolute atomic E-state index is 0.00633. The van der Waals surface area contributed by atoms with Crippen LogP contribution in [0.1, 0.15) is 40.9 Å². The van der Waals surface area contributed by atoms with Crippen molar-refractivity contribution in [2.45, 2.75) is 26.3 Å². The summed E-state index contributed by atoms with van der Waals surface area (Å²) in [5.41, 5.74) is 0.00633. The molecule has 0 aliphatic carbocycles. The molecule has 98 valence electrons. The minimum Gasteiger partial charge on any atom is -0.278 e. The molecule has 0 saturated carbocycles. The van der Waals surface area contributed by atoms with Crippen molar-refractivity contribution >= 4 is 53.4 Å². The number of thiol groups is 3. The van der Waals surface area contributed by atoms with E-state index in [0.29, 0.717) is 6.54 Å². The molecule has 0 aliphatic heterocycles. The predicted octanol–water partition coefficient (Wildman–Crippen LogP) is 1.61. The van der Waals surface area contributed by atoms with Crippen LogP contribution < -0.4 is 4.57 Å². The van der Waals surface area contributed by atoms with Crippen LogP contribution in [0, 0.1) is 0 Å². The Hall–Kier alpha value is -0.730. The molecule has 1 heterocycles. The van der Waals surface area contributed by atoms with E-state index in [1.165, 1.54) is 10.8 Å². The van der Waals surface area contributed by atoms with Crippen molar-refractivity contribution in [3.8, 4) is 0 Å². The van der Waals surface area contributed by atoms with Gasteiger partial charge in [0.1, 0.15) is 6.20 Å². The number of aryl methyl sites for hydroxylation is 1. The predicted molar refractivity (Wildman–Crippen MR) is 75.9 cm³/mol. The van der Waals surface area contributed by atoms with Crippen LogP contribution in [0.3, 0.4) is 0 Å². The van der Waals surface area contributed by atoms with Gasteiger partial charge < -0.3 is 0 Å². The molecule has 5 nitrogen and oxygen atoms in total. The Morgan fingerprint density at radius 2 is 1.83 bits per heavy atom. The second-order valence-electron chi connectivity index (χ2n) is 3.61. The molecule has 0 fully saturated rings. The van der Waals surface area contributed by atoms with Crippen molar-refractivity contribution < 1.29 is 19.0 Å². The lowest BCUT2D eigenvalue weighted by Gasteiger charge is -1.98. The maximum Gasteiger partial charge on any atom is 0.371 e. The van der Waals surface area contributed by atoms with E-state index in [1.807, 2.05) is 6.92 Å². The number of hydrogen-bond acceptors (Lipinski definition) is 3. The third kappa shape index (κ3) is 3.18. The van der Waals surface area contributed by atoms with E-state index < -0.39 is 15.5 Å². The SMILES string of the molecule is CCCC[n+]1cc(C(=O)S)n(C(=O)S)c1C(=O)S. The van der Waals surface area contributed by atoms with E-state index in [2.05, 4.69) is 37.9 Å². The highest BCUT2D eigenvalue weighted by Crippen LogP contribution is 2.11. The molecule has 1 aromatic heterocycles. The summed E-state index contributed by atoms with van der Waals surface area (Å²) in [5, 5.41) is -1.93. The van der Waals surface area contributed by atoms with Crippen molar-refractivity contribution in [3.05, 3.63) is 17.7 Å².